The SMILES string of the molecule is Cc1cc(C)cc(N2CC(c3nc4ccccc4n3CCCCOc3cc(C)c(Cl)c(C)c3)CC2=O)c1. The van der Waals surface area contributed by atoms with Gasteiger partial charge in [-0.15, -0.1) is 0 Å². The van der Waals surface area contributed by atoms with Gasteiger partial charge < -0.3 is 14.2 Å². The smallest absolute Gasteiger partial charge is 0.227 e. The Kier molecular flexibility index (Phi) is 7.25. The van der Waals surface area contributed by atoms with Crippen LogP contribution in [0.15, 0.2) is 54.6 Å². The Morgan fingerprint density at radius 2 is 1.68 bits per heavy atom. The third-order valence-electron chi connectivity index (χ3n) is 7.15. The van der Waals surface area contributed by atoms with E-state index in [-0.39, 0.29) is 11.8 Å². The van der Waals surface area contributed by atoms with Gasteiger partial charge in [-0.1, -0.05) is 29.8 Å². The molecule has 5 rings (SSSR count). The zero-order valence-corrected chi connectivity index (χ0v) is 22.8. The molecule has 0 bridgehead atoms. The molecule has 1 aromatic heterocycles. The van der Waals surface area contributed by atoms with Crippen LogP contribution >= 0.6 is 11.6 Å². The molecule has 4 aromatic rings. The molecule has 1 atom stereocenters. The van der Waals surface area contributed by atoms with Gasteiger partial charge in [-0.3, -0.25) is 4.79 Å². The minimum absolute atomic E-state index is 0.0667. The van der Waals surface area contributed by atoms with Crippen LogP contribution in [0.25, 0.3) is 11.0 Å². The van der Waals surface area contributed by atoms with E-state index < -0.39 is 0 Å². The third-order valence-corrected chi connectivity index (χ3v) is 7.74. The highest BCUT2D eigenvalue weighted by molar-refractivity contribution is 6.32. The minimum Gasteiger partial charge on any atom is -0.494 e. The molecule has 192 valence electrons. The van der Waals surface area contributed by atoms with Crippen molar-refractivity contribution in [3.05, 3.63) is 87.7 Å². The van der Waals surface area contributed by atoms with Gasteiger partial charge in [-0.2, -0.15) is 0 Å². The van der Waals surface area contributed by atoms with Gasteiger partial charge in [0.05, 0.1) is 17.6 Å². The van der Waals surface area contributed by atoms with Crippen molar-refractivity contribution in [2.24, 2.45) is 0 Å². The van der Waals surface area contributed by atoms with Gasteiger partial charge in [0, 0.05) is 36.1 Å². The third kappa shape index (κ3) is 5.37. The molecular formula is C31H34ClN3O2. The second kappa shape index (κ2) is 10.6. The molecule has 6 heteroatoms. The zero-order chi connectivity index (χ0) is 26.1. The van der Waals surface area contributed by atoms with Crippen LogP contribution < -0.4 is 9.64 Å². The van der Waals surface area contributed by atoms with Crippen LogP contribution in [0.2, 0.25) is 5.02 Å². The molecule has 3 aromatic carbocycles. The molecule has 0 radical (unpaired) electrons. The highest BCUT2D eigenvalue weighted by Gasteiger charge is 2.35. The maximum Gasteiger partial charge on any atom is 0.227 e. The van der Waals surface area contributed by atoms with E-state index in [4.69, 9.17) is 21.3 Å². The number of nitrogens with zero attached hydrogens (tertiary/aromatic N) is 3. The van der Waals surface area contributed by atoms with Crippen molar-refractivity contribution in [2.45, 2.75) is 59.4 Å². The van der Waals surface area contributed by atoms with Gasteiger partial charge in [-0.25, -0.2) is 4.98 Å². The maximum atomic E-state index is 13.1. The number of hydrogen-bond donors (Lipinski definition) is 0. The van der Waals surface area contributed by atoms with Crippen molar-refractivity contribution in [2.75, 3.05) is 18.1 Å². The summed E-state index contributed by atoms with van der Waals surface area (Å²) < 4.78 is 8.34. The molecule has 0 N–H and O–H groups in total. The molecule has 37 heavy (non-hydrogen) atoms. The number of benzene rings is 3. The van der Waals surface area contributed by atoms with Crippen molar-refractivity contribution < 1.29 is 9.53 Å². The summed E-state index contributed by atoms with van der Waals surface area (Å²) in [7, 11) is 0. The molecule has 1 fully saturated rings. The Morgan fingerprint density at radius 3 is 2.41 bits per heavy atom. The molecule has 0 spiro atoms. The summed E-state index contributed by atoms with van der Waals surface area (Å²) in [5.74, 6) is 2.10. The number of halogens is 1. The van der Waals surface area contributed by atoms with E-state index in [1.165, 1.54) is 11.1 Å². The predicted octanol–water partition coefficient (Wildman–Crippen LogP) is 7.30. The monoisotopic (exact) mass is 515 g/mol. The lowest BCUT2D eigenvalue weighted by Gasteiger charge is -2.19. The number of unbranched alkanes of at least 4 members (excludes halogenated alkanes) is 1. The summed E-state index contributed by atoms with van der Waals surface area (Å²) >= 11 is 6.29. The van der Waals surface area contributed by atoms with Crippen LogP contribution in [0.3, 0.4) is 0 Å². The van der Waals surface area contributed by atoms with Crippen LogP contribution in [0.1, 0.15) is 53.3 Å². The van der Waals surface area contributed by atoms with Crippen LogP contribution in [0.4, 0.5) is 5.69 Å². The summed E-state index contributed by atoms with van der Waals surface area (Å²) in [6.07, 6.45) is 2.36. The largest absolute Gasteiger partial charge is 0.494 e. The van der Waals surface area contributed by atoms with Crippen molar-refractivity contribution in [1.82, 2.24) is 9.55 Å². The van der Waals surface area contributed by atoms with E-state index in [2.05, 4.69) is 54.8 Å². The van der Waals surface area contributed by atoms with Crippen LogP contribution in [0.5, 0.6) is 5.75 Å². The number of rotatable bonds is 8. The fourth-order valence-corrected chi connectivity index (χ4v) is 5.54. The molecule has 1 aliphatic heterocycles. The standard InChI is InChI=1S/C31H34ClN3O2/c1-20-13-21(2)15-25(14-20)35-19-24(18-29(35)36)31-33-27-9-5-6-10-28(27)34(31)11-7-8-12-37-26-16-22(3)30(32)23(4)17-26/h5-6,9-10,13-17,24H,7-8,11-12,18-19H2,1-4H3. The van der Waals surface area contributed by atoms with Crippen molar-refractivity contribution >= 4 is 34.2 Å². The normalized spacial score (nSPS) is 15.6. The lowest BCUT2D eigenvalue weighted by molar-refractivity contribution is -0.117. The van der Waals surface area contributed by atoms with Crippen molar-refractivity contribution in [3.63, 3.8) is 0 Å². The Morgan fingerprint density at radius 1 is 0.973 bits per heavy atom. The molecule has 1 aliphatic rings. The van der Waals surface area contributed by atoms with Crippen LogP contribution in [-0.4, -0.2) is 28.6 Å². The van der Waals surface area contributed by atoms with E-state index >= 15 is 0 Å². The molecule has 1 unspecified atom stereocenters. The highest BCUT2D eigenvalue weighted by Crippen LogP contribution is 2.34. The first-order chi connectivity index (χ1) is 17.8. The number of aromatic nitrogens is 2. The molecule has 1 amide bonds. The number of carbonyl (C=O) groups is 1. The molecule has 2 heterocycles. The summed E-state index contributed by atoms with van der Waals surface area (Å²) in [5.41, 5.74) is 7.50. The molecule has 0 aliphatic carbocycles. The number of amides is 1. The summed E-state index contributed by atoms with van der Waals surface area (Å²) in [6, 6.07) is 18.6. The Hall–Kier alpha value is -3.31. The number of fused-ring (bicyclic) bond motifs is 1. The van der Waals surface area contributed by atoms with Gasteiger partial charge in [-0.05, 0) is 99.2 Å². The Balaban J connectivity index is 1.29. The zero-order valence-electron chi connectivity index (χ0n) is 22.1. The number of carbonyl (C=O) groups excluding carboxylic acids is 1. The van der Waals surface area contributed by atoms with E-state index in [1.807, 2.05) is 36.9 Å². The number of ether oxygens (including phenoxy) is 1. The number of aryl methyl sites for hydroxylation is 5. The minimum atomic E-state index is 0.0667. The lowest BCUT2D eigenvalue weighted by Crippen LogP contribution is -2.24. The fourth-order valence-electron chi connectivity index (χ4n) is 5.43. The molecule has 5 nitrogen and oxygen atoms in total. The molecule has 0 saturated carbocycles. The van der Waals surface area contributed by atoms with Gasteiger partial charge in [0.1, 0.15) is 11.6 Å². The first-order valence-corrected chi connectivity index (χ1v) is 13.4. The van der Waals surface area contributed by atoms with E-state index in [0.717, 1.165) is 63.8 Å². The summed E-state index contributed by atoms with van der Waals surface area (Å²) in [5, 5.41) is 0.799. The number of anilines is 1. The topological polar surface area (TPSA) is 47.4 Å². The quantitative estimate of drug-likeness (QED) is 0.231. The van der Waals surface area contributed by atoms with E-state index in [9.17, 15) is 4.79 Å². The number of para-hydroxylation sites is 2. The van der Waals surface area contributed by atoms with Gasteiger partial charge in [0.25, 0.3) is 0 Å². The second-order valence-corrected chi connectivity index (χ2v) is 10.7. The summed E-state index contributed by atoms with van der Waals surface area (Å²) in [4.78, 5) is 20.0. The first kappa shape index (κ1) is 25.3. The van der Waals surface area contributed by atoms with Gasteiger partial charge >= 0.3 is 0 Å². The average Bonchev–Trinajstić information content (AvgIpc) is 3.42. The van der Waals surface area contributed by atoms with Crippen LogP contribution in [-0.2, 0) is 11.3 Å². The van der Waals surface area contributed by atoms with E-state index in [1.54, 1.807) is 0 Å². The molecular weight excluding hydrogens is 482 g/mol. The second-order valence-electron chi connectivity index (χ2n) is 10.3. The maximum absolute atomic E-state index is 13.1. The van der Waals surface area contributed by atoms with Gasteiger partial charge in [0.15, 0.2) is 0 Å². The number of imidazole rings is 1. The van der Waals surface area contributed by atoms with E-state index in [0.29, 0.717) is 19.6 Å². The van der Waals surface area contributed by atoms with Crippen LogP contribution in [0, 0.1) is 27.7 Å². The van der Waals surface area contributed by atoms with Gasteiger partial charge in [0.2, 0.25) is 5.91 Å². The van der Waals surface area contributed by atoms with Crippen molar-refractivity contribution in [3.8, 4) is 5.75 Å². The summed E-state index contributed by atoms with van der Waals surface area (Å²) in [6.45, 7) is 10.3. The lowest BCUT2D eigenvalue weighted by atomic mass is 10.1. The first-order valence-electron chi connectivity index (χ1n) is 13.0. The Labute approximate surface area is 224 Å². The number of hydrogen-bond acceptors (Lipinski definition) is 3. The fraction of sp³-hybridized carbons (Fsp3) is 0.355. The molecule has 1 saturated heterocycles. The predicted molar refractivity (Wildman–Crippen MR) is 151 cm³/mol. The highest BCUT2D eigenvalue weighted by atomic mass is 35.5. The van der Waals surface area contributed by atoms with Crippen molar-refractivity contribution in [1.29, 1.82) is 0 Å². The average molecular weight is 516 g/mol. The Bertz CT molecular complexity index is 1420.